The maximum absolute atomic E-state index is 11.9. The number of nitrogens with one attached hydrogen (secondary N) is 2. The fourth-order valence-electron chi connectivity index (χ4n) is 1.62. The Morgan fingerprint density at radius 2 is 2.20 bits per heavy atom. The summed E-state index contributed by atoms with van der Waals surface area (Å²) in [4.78, 5) is 16.0. The Morgan fingerprint density at radius 1 is 1.40 bits per heavy atom. The fraction of sp³-hybridized carbons (Fsp3) is 0.250. The van der Waals surface area contributed by atoms with Crippen LogP contribution in [0.5, 0.6) is 0 Å². The van der Waals surface area contributed by atoms with Gasteiger partial charge in [-0.3, -0.25) is 9.89 Å². The van der Waals surface area contributed by atoms with E-state index in [4.69, 9.17) is 0 Å². The molecule has 1 heterocycles. The number of amides is 1. The van der Waals surface area contributed by atoms with E-state index in [1.807, 2.05) is 0 Å². The molecule has 0 spiro atoms. The Balaban J connectivity index is 1.99. The van der Waals surface area contributed by atoms with Gasteiger partial charge in [0.2, 0.25) is 0 Å². The van der Waals surface area contributed by atoms with Gasteiger partial charge in [-0.1, -0.05) is 6.07 Å². The van der Waals surface area contributed by atoms with Gasteiger partial charge in [0, 0.05) is 24.8 Å². The number of carbonyl (C=O) groups is 1. The smallest absolute Gasteiger partial charge is 0.251 e. The van der Waals surface area contributed by atoms with Crippen molar-refractivity contribution in [2.75, 3.05) is 12.8 Å². The van der Waals surface area contributed by atoms with E-state index in [0.717, 1.165) is 6.26 Å². The minimum absolute atomic E-state index is 0.125. The van der Waals surface area contributed by atoms with Crippen molar-refractivity contribution in [2.45, 2.75) is 11.3 Å². The maximum Gasteiger partial charge on any atom is 0.251 e. The van der Waals surface area contributed by atoms with E-state index in [2.05, 4.69) is 20.5 Å². The molecule has 106 valence electrons. The van der Waals surface area contributed by atoms with Gasteiger partial charge in [0.05, 0.1) is 4.90 Å². The topological polar surface area (TPSA) is 105 Å². The summed E-state index contributed by atoms with van der Waals surface area (Å²) < 4.78 is 22.9. The van der Waals surface area contributed by atoms with Crippen LogP contribution < -0.4 is 5.32 Å². The molecule has 1 aromatic heterocycles. The average Bonchev–Trinajstić information content (AvgIpc) is 2.91. The van der Waals surface area contributed by atoms with Crippen LogP contribution in [0, 0.1) is 0 Å². The number of sulfone groups is 1. The lowest BCUT2D eigenvalue weighted by molar-refractivity contribution is 0.0954. The molecular weight excluding hydrogens is 280 g/mol. The monoisotopic (exact) mass is 294 g/mol. The van der Waals surface area contributed by atoms with Crippen LogP contribution in [0.25, 0.3) is 0 Å². The molecule has 0 aliphatic rings. The van der Waals surface area contributed by atoms with Gasteiger partial charge < -0.3 is 5.32 Å². The highest BCUT2D eigenvalue weighted by Crippen LogP contribution is 2.11. The van der Waals surface area contributed by atoms with Crippen LogP contribution in [0.1, 0.15) is 16.2 Å². The van der Waals surface area contributed by atoms with Crippen LogP contribution in [0.3, 0.4) is 0 Å². The molecule has 0 unspecified atom stereocenters. The molecule has 20 heavy (non-hydrogen) atoms. The number of rotatable bonds is 5. The standard InChI is InChI=1S/C12H14N4O3S/c1-20(18,19)10-4-2-3-9(7-10)12(17)13-6-5-11-14-8-15-16-11/h2-4,7-8H,5-6H2,1H3,(H,13,17)(H,14,15,16). The van der Waals surface area contributed by atoms with Crippen LogP contribution in [0.2, 0.25) is 0 Å². The largest absolute Gasteiger partial charge is 0.352 e. The summed E-state index contributed by atoms with van der Waals surface area (Å²) in [5.74, 6) is 0.352. The zero-order valence-corrected chi connectivity index (χ0v) is 11.6. The van der Waals surface area contributed by atoms with Gasteiger partial charge in [0.15, 0.2) is 9.84 Å². The number of aromatic amines is 1. The molecule has 0 bridgehead atoms. The normalized spacial score (nSPS) is 11.2. The Morgan fingerprint density at radius 3 is 2.85 bits per heavy atom. The average molecular weight is 294 g/mol. The maximum atomic E-state index is 11.9. The number of aromatic nitrogens is 3. The van der Waals surface area contributed by atoms with Crippen molar-refractivity contribution in [2.24, 2.45) is 0 Å². The minimum Gasteiger partial charge on any atom is -0.352 e. The molecule has 0 atom stereocenters. The van der Waals surface area contributed by atoms with Crippen molar-refractivity contribution >= 4 is 15.7 Å². The molecule has 2 N–H and O–H groups in total. The van der Waals surface area contributed by atoms with E-state index in [1.54, 1.807) is 12.1 Å². The van der Waals surface area contributed by atoms with E-state index >= 15 is 0 Å². The molecule has 0 fully saturated rings. The lowest BCUT2D eigenvalue weighted by Crippen LogP contribution is -2.26. The first-order valence-corrected chi connectivity index (χ1v) is 7.78. The SMILES string of the molecule is CS(=O)(=O)c1cccc(C(=O)NCCc2ncn[nH]2)c1. The van der Waals surface area contributed by atoms with Gasteiger partial charge in [-0.25, -0.2) is 13.4 Å². The summed E-state index contributed by atoms with van der Waals surface area (Å²) in [5, 5.41) is 9.08. The van der Waals surface area contributed by atoms with Gasteiger partial charge in [-0.05, 0) is 18.2 Å². The van der Waals surface area contributed by atoms with Crippen molar-refractivity contribution < 1.29 is 13.2 Å². The number of carbonyl (C=O) groups excluding carboxylic acids is 1. The second-order valence-electron chi connectivity index (χ2n) is 4.24. The number of hydrogen-bond acceptors (Lipinski definition) is 5. The van der Waals surface area contributed by atoms with Crippen molar-refractivity contribution in [3.8, 4) is 0 Å². The summed E-state index contributed by atoms with van der Waals surface area (Å²) in [6.45, 7) is 0.386. The Kier molecular flexibility index (Phi) is 4.14. The Hall–Kier alpha value is -2.22. The summed E-state index contributed by atoms with van der Waals surface area (Å²) in [6.07, 6.45) is 3.03. The van der Waals surface area contributed by atoms with E-state index in [0.29, 0.717) is 24.4 Å². The molecule has 0 aliphatic heterocycles. The van der Waals surface area contributed by atoms with Gasteiger partial charge >= 0.3 is 0 Å². The van der Waals surface area contributed by atoms with Crippen molar-refractivity contribution in [1.82, 2.24) is 20.5 Å². The van der Waals surface area contributed by atoms with Crippen LogP contribution in [0.15, 0.2) is 35.5 Å². The van der Waals surface area contributed by atoms with Crippen molar-refractivity contribution in [3.63, 3.8) is 0 Å². The quantitative estimate of drug-likeness (QED) is 0.818. The predicted molar refractivity (Wildman–Crippen MR) is 72.0 cm³/mol. The third-order valence-electron chi connectivity index (χ3n) is 2.64. The number of H-pyrrole nitrogens is 1. The van der Waals surface area contributed by atoms with E-state index < -0.39 is 9.84 Å². The highest BCUT2D eigenvalue weighted by Gasteiger charge is 2.11. The Labute approximate surface area is 116 Å². The molecule has 8 heteroatoms. The molecule has 2 aromatic rings. The van der Waals surface area contributed by atoms with Gasteiger partial charge in [0.25, 0.3) is 5.91 Å². The van der Waals surface area contributed by atoms with Crippen LogP contribution in [-0.4, -0.2) is 42.3 Å². The van der Waals surface area contributed by atoms with Crippen LogP contribution >= 0.6 is 0 Å². The van der Waals surface area contributed by atoms with Crippen molar-refractivity contribution in [1.29, 1.82) is 0 Å². The third-order valence-corrected chi connectivity index (χ3v) is 3.75. The fourth-order valence-corrected chi connectivity index (χ4v) is 2.28. The minimum atomic E-state index is -3.32. The molecular formula is C12H14N4O3S. The molecule has 0 aliphatic carbocycles. The van der Waals surface area contributed by atoms with Crippen LogP contribution in [-0.2, 0) is 16.3 Å². The molecule has 1 amide bonds. The zero-order valence-electron chi connectivity index (χ0n) is 10.8. The van der Waals surface area contributed by atoms with Gasteiger partial charge in [-0.2, -0.15) is 5.10 Å². The summed E-state index contributed by atoms with van der Waals surface area (Å²) >= 11 is 0. The van der Waals surface area contributed by atoms with Gasteiger partial charge in [0.1, 0.15) is 12.2 Å². The number of nitrogens with zero attached hydrogens (tertiary/aromatic N) is 2. The number of hydrogen-bond donors (Lipinski definition) is 2. The first-order valence-electron chi connectivity index (χ1n) is 5.89. The van der Waals surface area contributed by atoms with Gasteiger partial charge in [-0.15, -0.1) is 0 Å². The van der Waals surface area contributed by atoms with Crippen LogP contribution in [0.4, 0.5) is 0 Å². The first-order chi connectivity index (χ1) is 9.47. The summed E-state index contributed by atoms with van der Waals surface area (Å²) in [7, 11) is -3.32. The predicted octanol–water partition coefficient (Wildman–Crippen LogP) is 0.181. The van der Waals surface area contributed by atoms with Crippen molar-refractivity contribution in [3.05, 3.63) is 42.0 Å². The highest BCUT2D eigenvalue weighted by molar-refractivity contribution is 7.90. The summed E-state index contributed by atoms with van der Waals surface area (Å²) in [6, 6.07) is 5.93. The molecule has 2 rings (SSSR count). The molecule has 0 saturated carbocycles. The molecule has 0 radical (unpaired) electrons. The van der Waals surface area contributed by atoms with E-state index in [9.17, 15) is 13.2 Å². The third kappa shape index (κ3) is 3.64. The highest BCUT2D eigenvalue weighted by atomic mass is 32.2. The Bertz CT molecular complexity index is 695. The first kappa shape index (κ1) is 14.2. The summed E-state index contributed by atoms with van der Waals surface area (Å²) in [5.41, 5.74) is 0.311. The molecule has 7 nitrogen and oxygen atoms in total. The molecule has 0 saturated heterocycles. The molecule has 1 aromatic carbocycles. The lowest BCUT2D eigenvalue weighted by Gasteiger charge is -2.05. The lowest BCUT2D eigenvalue weighted by atomic mass is 10.2. The van der Waals surface area contributed by atoms with E-state index in [1.165, 1.54) is 18.5 Å². The number of benzene rings is 1. The zero-order chi connectivity index (χ0) is 14.6. The second-order valence-corrected chi connectivity index (χ2v) is 6.25. The second kappa shape index (κ2) is 5.83. The van der Waals surface area contributed by atoms with E-state index in [-0.39, 0.29) is 10.8 Å².